The second kappa shape index (κ2) is 7.79. The number of fused-ring (bicyclic) bond motifs is 1. The molecule has 0 amide bonds. The molecule has 1 fully saturated rings. The number of likely N-dealkylation sites (tertiary alicyclic amines) is 1. The van der Waals surface area contributed by atoms with E-state index >= 15 is 0 Å². The number of rotatable bonds is 5. The second-order valence-corrected chi connectivity index (χ2v) is 7.53. The van der Waals surface area contributed by atoms with Crippen LogP contribution in [-0.2, 0) is 6.54 Å². The number of allylic oxidation sites excluding steroid dienone is 1. The number of ketones is 1. The normalized spacial score (nSPS) is 17.5. The molecule has 152 valence electrons. The van der Waals surface area contributed by atoms with E-state index < -0.39 is 0 Å². The number of benzene rings is 2. The topological polar surface area (TPSA) is 72.3 Å². The van der Waals surface area contributed by atoms with E-state index in [1.54, 1.807) is 39.4 Å². The highest BCUT2D eigenvalue weighted by Gasteiger charge is 2.33. The molecule has 2 aliphatic heterocycles. The molecule has 1 N–H and O–H groups in total. The highest BCUT2D eigenvalue weighted by molar-refractivity contribution is 6.16. The standard InChI is InChI=1S/C23H25NO5/c1-14-11-17(25)16(13-24-9-4-5-10-24)23-20(14)21(26)19(29-23)12-15-7-6-8-18(27-2)22(15)28-3/h6-8,11-12,25H,4-5,9-10,13H2,1-3H3. The molecule has 2 aliphatic rings. The summed E-state index contributed by atoms with van der Waals surface area (Å²) in [5.74, 6) is 1.44. The minimum absolute atomic E-state index is 0.0614. The van der Waals surface area contributed by atoms with Gasteiger partial charge in [0, 0.05) is 24.0 Å². The molecule has 4 rings (SSSR count). The maximum Gasteiger partial charge on any atom is 0.232 e. The van der Waals surface area contributed by atoms with Crippen LogP contribution >= 0.6 is 0 Å². The Morgan fingerprint density at radius 1 is 1.21 bits per heavy atom. The lowest BCUT2D eigenvalue weighted by atomic mass is 9.99. The molecule has 0 aromatic heterocycles. The van der Waals surface area contributed by atoms with Gasteiger partial charge < -0.3 is 24.2 Å². The second-order valence-electron chi connectivity index (χ2n) is 7.53. The fourth-order valence-electron chi connectivity index (χ4n) is 4.20. The zero-order valence-electron chi connectivity index (χ0n) is 17.0. The minimum Gasteiger partial charge on any atom is -0.872 e. The number of aryl methyl sites for hydroxylation is 1. The highest BCUT2D eigenvalue weighted by Crippen LogP contribution is 2.41. The van der Waals surface area contributed by atoms with Gasteiger partial charge in [0.1, 0.15) is 12.3 Å². The molecule has 1 saturated heterocycles. The Morgan fingerprint density at radius 3 is 2.66 bits per heavy atom. The minimum atomic E-state index is -0.208. The molecular weight excluding hydrogens is 370 g/mol. The van der Waals surface area contributed by atoms with Crippen molar-refractivity contribution in [3.63, 3.8) is 0 Å². The number of hydrogen-bond donors (Lipinski definition) is 1. The van der Waals surface area contributed by atoms with Crippen molar-refractivity contribution in [2.45, 2.75) is 26.3 Å². The summed E-state index contributed by atoms with van der Waals surface area (Å²) in [6.07, 6.45) is 3.98. The molecule has 0 radical (unpaired) electrons. The summed E-state index contributed by atoms with van der Waals surface area (Å²) < 4.78 is 16.8. The molecule has 0 unspecified atom stereocenters. The molecule has 2 aromatic rings. The Kier molecular flexibility index (Phi) is 5.20. The first kappa shape index (κ1) is 19.3. The van der Waals surface area contributed by atoms with Crippen molar-refractivity contribution in [1.29, 1.82) is 0 Å². The van der Waals surface area contributed by atoms with Gasteiger partial charge in [-0.1, -0.05) is 23.9 Å². The molecule has 6 heteroatoms. The molecule has 0 atom stereocenters. The van der Waals surface area contributed by atoms with Crippen molar-refractivity contribution in [3.05, 3.63) is 52.3 Å². The molecule has 6 nitrogen and oxygen atoms in total. The summed E-state index contributed by atoms with van der Waals surface area (Å²) in [7, 11) is 3.12. The maximum atomic E-state index is 13.1. The fraction of sp³-hybridized carbons (Fsp3) is 0.348. The summed E-state index contributed by atoms with van der Waals surface area (Å²) >= 11 is 0. The maximum absolute atomic E-state index is 13.1. The lowest BCUT2D eigenvalue weighted by Gasteiger charge is -2.21. The summed E-state index contributed by atoms with van der Waals surface area (Å²) in [6, 6.07) is 7.00. The highest BCUT2D eigenvalue weighted by atomic mass is 16.5. The first-order valence-corrected chi connectivity index (χ1v) is 9.85. The van der Waals surface area contributed by atoms with E-state index in [4.69, 9.17) is 14.2 Å². The zero-order valence-corrected chi connectivity index (χ0v) is 17.0. The van der Waals surface area contributed by atoms with Gasteiger partial charge >= 0.3 is 0 Å². The van der Waals surface area contributed by atoms with Crippen molar-refractivity contribution in [2.75, 3.05) is 27.3 Å². The van der Waals surface area contributed by atoms with E-state index in [0.717, 1.165) is 25.9 Å². The van der Waals surface area contributed by atoms with Crippen LogP contribution in [0, 0.1) is 6.92 Å². The average molecular weight is 395 g/mol. The molecule has 0 saturated carbocycles. The van der Waals surface area contributed by atoms with E-state index in [1.165, 1.54) is 4.90 Å². The van der Waals surface area contributed by atoms with Crippen LogP contribution in [0.25, 0.3) is 6.08 Å². The SMILES string of the molecule is COc1cccc(C=C2Oc3c(C[NH+]4CCCC4)c([O-])cc(C)c3C2=O)c1OC. The molecule has 2 aromatic carbocycles. The molecular formula is C23H25NO5. The average Bonchev–Trinajstić information content (AvgIpc) is 3.33. The number of quaternary nitrogens is 1. The Labute approximate surface area is 170 Å². The van der Waals surface area contributed by atoms with Crippen molar-refractivity contribution < 1.29 is 29.0 Å². The molecule has 0 aliphatic carbocycles. The summed E-state index contributed by atoms with van der Waals surface area (Å²) in [6.45, 7) is 4.45. The van der Waals surface area contributed by atoms with E-state index in [-0.39, 0.29) is 17.3 Å². The van der Waals surface area contributed by atoms with Gasteiger partial charge in [-0.05, 0) is 24.6 Å². The van der Waals surface area contributed by atoms with Gasteiger partial charge in [0.25, 0.3) is 0 Å². The monoisotopic (exact) mass is 395 g/mol. The lowest BCUT2D eigenvalue weighted by Crippen LogP contribution is -3.08. The quantitative estimate of drug-likeness (QED) is 0.783. The Bertz CT molecular complexity index is 989. The van der Waals surface area contributed by atoms with Gasteiger partial charge in [0.2, 0.25) is 5.78 Å². The van der Waals surface area contributed by atoms with Crippen molar-refractivity contribution >= 4 is 11.9 Å². The summed E-state index contributed by atoms with van der Waals surface area (Å²) in [5.41, 5.74) is 2.41. The number of ether oxygens (including phenoxy) is 3. The van der Waals surface area contributed by atoms with Crippen molar-refractivity contribution in [1.82, 2.24) is 0 Å². The Hall–Kier alpha value is -2.99. The Balaban J connectivity index is 1.75. The van der Waals surface area contributed by atoms with E-state index in [0.29, 0.717) is 46.0 Å². The predicted molar refractivity (Wildman–Crippen MR) is 107 cm³/mol. The van der Waals surface area contributed by atoms with Gasteiger partial charge in [0.15, 0.2) is 17.3 Å². The molecule has 0 bridgehead atoms. The molecule has 2 heterocycles. The third-order valence-electron chi connectivity index (χ3n) is 5.66. The van der Waals surface area contributed by atoms with Crippen LogP contribution in [-0.4, -0.2) is 33.1 Å². The number of para-hydroxylation sites is 1. The van der Waals surface area contributed by atoms with E-state index in [1.807, 2.05) is 12.1 Å². The fourth-order valence-corrected chi connectivity index (χ4v) is 4.20. The molecule has 0 spiro atoms. The first-order valence-electron chi connectivity index (χ1n) is 9.85. The number of carbonyl (C=O) groups excluding carboxylic acids is 1. The van der Waals surface area contributed by atoms with Crippen LogP contribution < -0.4 is 24.2 Å². The van der Waals surface area contributed by atoms with Gasteiger partial charge in [-0.3, -0.25) is 4.79 Å². The third-order valence-corrected chi connectivity index (χ3v) is 5.66. The lowest BCUT2D eigenvalue weighted by molar-refractivity contribution is -0.901. The third kappa shape index (κ3) is 3.44. The van der Waals surface area contributed by atoms with Gasteiger partial charge in [-0.2, -0.15) is 0 Å². The number of carbonyl (C=O) groups is 1. The number of hydrogen-bond acceptors (Lipinski definition) is 5. The van der Waals surface area contributed by atoms with Crippen LogP contribution in [0.1, 0.15) is 39.9 Å². The van der Waals surface area contributed by atoms with Crippen LogP contribution in [0.4, 0.5) is 0 Å². The van der Waals surface area contributed by atoms with Crippen LogP contribution in [0.3, 0.4) is 0 Å². The van der Waals surface area contributed by atoms with Gasteiger partial charge in [-0.15, -0.1) is 0 Å². The van der Waals surface area contributed by atoms with E-state index in [9.17, 15) is 9.90 Å². The summed E-state index contributed by atoms with van der Waals surface area (Å²) in [5, 5.41) is 12.7. The number of Topliss-reactive ketones (excluding diaryl/α,β-unsaturated/α-hetero) is 1. The van der Waals surface area contributed by atoms with Crippen LogP contribution in [0.2, 0.25) is 0 Å². The summed E-state index contributed by atoms with van der Waals surface area (Å²) in [4.78, 5) is 14.5. The number of methoxy groups -OCH3 is 2. The van der Waals surface area contributed by atoms with Gasteiger partial charge in [-0.25, -0.2) is 0 Å². The largest absolute Gasteiger partial charge is 0.872 e. The Morgan fingerprint density at radius 2 is 1.97 bits per heavy atom. The molecule has 29 heavy (non-hydrogen) atoms. The van der Waals surface area contributed by atoms with Gasteiger partial charge in [0.05, 0.1) is 32.9 Å². The predicted octanol–water partition coefficient (Wildman–Crippen LogP) is 1.88. The van der Waals surface area contributed by atoms with Crippen molar-refractivity contribution in [2.24, 2.45) is 0 Å². The first-order chi connectivity index (χ1) is 14.0. The smallest absolute Gasteiger partial charge is 0.232 e. The van der Waals surface area contributed by atoms with Crippen molar-refractivity contribution in [3.8, 4) is 23.0 Å². The van der Waals surface area contributed by atoms with E-state index in [2.05, 4.69) is 0 Å². The van der Waals surface area contributed by atoms with Crippen LogP contribution in [0.15, 0.2) is 30.0 Å². The number of nitrogens with one attached hydrogen (secondary N) is 1. The van der Waals surface area contributed by atoms with Crippen LogP contribution in [0.5, 0.6) is 23.0 Å². The zero-order chi connectivity index (χ0) is 20.5.